The molecule has 1 fully saturated rings. The lowest BCUT2D eigenvalue weighted by molar-refractivity contribution is -0.151. The third kappa shape index (κ3) is 5.55. The van der Waals surface area contributed by atoms with Crippen LogP contribution < -0.4 is 10.0 Å². The van der Waals surface area contributed by atoms with E-state index in [0.29, 0.717) is 4.47 Å². The Balaban J connectivity index is 1.92. The molecule has 1 unspecified atom stereocenters. The number of halogens is 1. The van der Waals surface area contributed by atoms with Gasteiger partial charge in [0, 0.05) is 10.5 Å². The van der Waals surface area contributed by atoms with Crippen LogP contribution in [0.15, 0.2) is 33.6 Å². The van der Waals surface area contributed by atoms with Gasteiger partial charge in [-0.25, -0.2) is 8.42 Å². The van der Waals surface area contributed by atoms with Crippen molar-refractivity contribution in [1.29, 1.82) is 0 Å². The van der Waals surface area contributed by atoms with Crippen LogP contribution in [-0.2, 0) is 24.3 Å². The Morgan fingerprint density at radius 3 is 2.46 bits per heavy atom. The van der Waals surface area contributed by atoms with E-state index in [0.717, 1.165) is 12.8 Å². The zero-order chi connectivity index (χ0) is 17.7. The maximum atomic E-state index is 12.2. The van der Waals surface area contributed by atoms with E-state index in [2.05, 4.69) is 26.0 Å². The summed E-state index contributed by atoms with van der Waals surface area (Å²) >= 11 is 3.19. The molecule has 1 aliphatic carbocycles. The quantitative estimate of drug-likeness (QED) is 0.505. The van der Waals surface area contributed by atoms with Crippen LogP contribution in [0, 0.1) is 0 Å². The van der Waals surface area contributed by atoms with Crippen molar-refractivity contribution in [2.45, 2.75) is 29.8 Å². The van der Waals surface area contributed by atoms with Crippen molar-refractivity contribution in [2.24, 2.45) is 0 Å². The van der Waals surface area contributed by atoms with Gasteiger partial charge in [0.25, 0.3) is 5.91 Å². The van der Waals surface area contributed by atoms with E-state index in [9.17, 15) is 23.1 Å². The van der Waals surface area contributed by atoms with Crippen LogP contribution >= 0.6 is 15.9 Å². The predicted molar refractivity (Wildman–Crippen MR) is 87.5 cm³/mol. The molecule has 1 saturated carbocycles. The summed E-state index contributed by atoms with van der Waals surface area (Å²) in [5.74, 6) is -1.48. The zero-order valence-corrected chi connectivity index (χ0v) is 15.0. The summed E-state index contributed by atoms with van der Waals surface area (Å²) in [5, 5.41) is 11.9. The van der Waals surface area contributed by atoms with E-state index in [4.69, 9.17) is 4.74 Å². The van der Waals surface area contributed by atoms with E-state index in [1.165, 1.54) is 24.3 Å². The SMILES string of the molecule is O=C(COC(=O)C(CO)NS(=O)(=O)c1ccc(Br)cc1)NC1CC1. The lowest BCUT2D eigenvalue weighted by Gasteiger charge is -2.15. The fourth-order valence-corrected chi connectivity index (χ4v) is 3.20. The molecule has 2 rings (SSSR count). The van der Waals surface area contributed by atoms with Crippen LogP contribution in [0.1, 0.15) is 12.8 Å². The van der Waals surface area contributed by atoms with E-state index >= 15 is 0 Å². The first-order valence-electron chi connectivity index (χ1n) is 7.16. The number of hydrogen-bond donors (Lipinski definition) is 3. The Kier molecular flexibility index (Phi) is 6.33. The van der Waals surface area contributed by atoms with Crippen molar-refractivity contribution in [2.75, 3.05) is 13.2 Å². The zero-order valence-electron chi connectivity index (χ0n) is 12.6. The second-order valence-corrected chi connectivity index (χ2v) is 7.89. The second kappa shape index (κ2) is 8.06. The molecule has 10 heteroatoms. The molecule has 1 aromatic carbocycles. The minimum atomic E-state index is -4.01. The van der Waals surface area contributed by atoms with Crippen molar-refractivity contribution < 1.29 is 27.9 Å². The number of carbonyl (C=O) groups excluding carboxylic acids is 2. The number of sulfonamides is 1. The van der Waals surface area contributed by atoms with Gasteiger partial charge in [0.05, 0.1) is 11.5 Å². The standard InChI is InChI=1S/C14H17BrN2O6S/c15-9-1-5-11(6-2-9)24(21,22)17-12(7-18)14(20)23-8-13(19)16-10-3-4-10/h1-2,5-6,10,12,17-18H,3-4,7-8H2,(H,16,19). The summed E-state index contributed by atoms with van der Waals surface area (Å²) in [6, 6.07) is 4.38. The highest BCUT2D eigenvalue weighted by Gasteiger charge is 2.28. The summed E-state index contributed by atoms with van der Waals surface area (Å²) < 4.78 is 31.9. The Bertz CT molecular complexity index is 702. The number of aliphatic hydroxyl groups is 1. The van der Waals surface area contributed by atoms with Crippen molar-refractivity contribution in [3.8, 4) is 0 Å². The molecule has 24 heavy (non-hydrogen) atoms. The van der Waals surface area contributed by atoms with E-state index < -0.39 is 41.2 Å². The van der Waals surface area contributed by atoms with Gasteiger partial charge in [0.15, 0.2) is 6.61 Å². The number of ether oxygens (including phenoxy) is 1. The molecule has 1 atom stereocenters. The summed E-state index contributed by atoms with van der Waals surface area (Å²) in [7, 11) is -4.01. The average Bonchev–Trinajstić information content (AvgIpc) is 3.34. The van der Waals surface area contributed by atoms with E-state index in [1.807, 2.05) is 0 Å². The number of nitrogens with one attached hydrogen (secondary N) is 2. The maximum Gasteiger partial charge on any atom is 0.327 e. The Labute approximate surface area is 147 Å². The monoisotopic (exact) mass is 420 g/mol. The third-order valence-electron chi connectivity index (χ3n) is 3.18. The smallest absolute Gasteiger partial charge is 0.327 e. The number of benzene rings is 1. The first kappa shape index (κ1) is 18.8. The highest BCUT2D eigenvalue weighted by Crippen LogP contribution is 2.18. The number of aliphatic hydroxyl groups excluding tert-OH is 1. The summed E-state index contributed by atoms with van der Waals surface area (Å²) in [6.07, 6.45) is 1.79. The van der Waals surface area contributed by atoms with Crippen LogP contribution in [0.2, 0.25) is 0 Å². The average molecular weight is 421 g/mol. The van der Waals surface area contributed by atoms with Crippen LogP contribution in [0.25, 0.3) is 0 Å². The third-order valence-corrected chi connectivity index (χ3v) is 5.19. The van der Waals surface area contributed by atoms with Crippen LogP contribution in [-0.4, -0.2) is 50.7 Å². The van der Waals surface area contributed by atoms with Crippen molar-refractivity contribution in [1.82, 2.24) is 10.0 Å². The molecule has 0 aliphatic heterocycles. The number of carbonyl (C=O) groups is 2. The number of esters is 1. The number of hydrogen-bond acceptors (Lipinski definition) is 6. The van der Waals surface area contributed by atoms with E-state index in [-0.39, 0.29) is 10.9 Å². The summed E-state index contributed by atoms with van der Waals surface area (Å²) in [4.78, 5) is 23.2. The largest absolute Gasteiger partial charge is 0.454 e. The fourth-order valence-electron chi connectivity index (χ4n) is 1.76. The molecule has 0 bridgehead atoms. The topological polar surface area (TPSA) is 122 Å². The van der Waals surface area contributed by atoms with Gasteiger partial charge in [0.2, 0.25) is 10.0 Å². The molecule has 132 valence electrons. The van der Waals surface area contributed by atoms with Gasteiger partial charge in [-0.1, -0.05) is 15.9 Å². The first-order valence-corrected chi connectivity index (χ1v) is 9.44. The predicted octanol–water partition coefficient (Wildman–Crippen LogP) is -0.0899. The van der Waals surface area contributed by atoms with Crippen molar-refractivity contribution in [3.05, 3.63) is 28.7 Å². The van der Waals surface area contributed by atoms with Crippen molar-refractivity contribution in [3.63, 3.8) is 0 Å². The van der Waals surface area contributed by atoms with Gasteiger partial charge < -0.3 is 15.2 Å². The highest BCUT2D eigenvalue weighted by molar-refractivity contribution is 9.10. The molecular formula is C14H17BrN2O6S. The number of rotatable bonds is 8. The molecule has 8 nitrogen and oxygen atoms in total. The molecule has 0 spiro atoms. The van der Waals surface area contributed by atoms with Crippen molar-refractivity contribution >= 4 is 37.8 Å². The van der Waals surface area contributed by atoms with Crippen LogP contribution in [0.4, 0.5) is 0 Å². The van der Waals surface area contributed by atoms with E-state index in [1.54, 1.807) is 0 Å². The van der Waals surface area contributed by atoms with Gasteiger partial charge in [-0.3, -0.25) is 9.59 Å². The lowest BCUT2D eigenvalue weighted by Crippen LogP contribution is -2.45. The minimum Gasteiger partial charge on any atom is -0.454 e. The van der Waals surface area contributed by atoms with Gasteiger partial charge >= 0.3 is 5.97 Å². The maximum absolute atomic E-state index is 12.2. The van der Waals surface area contributed by atoms with Gasteiger partial charge in [-0.15, -0.1) is 0 Å². The molecule has 1 aromatic rings. The Morgan fingerprint density at radius 2 is 1.92 bits per heavy atom. The second-order valence-electron chi connectivity index (χ2n) is 5.26. The Morgan fingerprint density at radius 1 is 1.29 bits per heavy atom. The summed E-state index contributed by atoms with van der Waals surface area (Å²) in [5.41, 5.74) is 0. The number of amides is 1. The fraction of sp³-hybridized carbons (Fsp3) is 0.429. The first-order chi connectivity index (χ1) is 11.3. The highest BCUT2D eigenvalue weighted by atomic mass is 79.9. The van der Waals surface area contributed by atoms with Crippen LogP contribution in [0.3, 0.4) is 0 Å². The molecule has 1 aliphatic rings. The molecule has 0 saturated heterocycles. The summed E-state index contributed by atoms with van der Waals surface area (Å²) in [6.45, 7) is -1.31. The van der Waals surface area contributed by atoms with Crippen LogP contribution in [0.5, 0.6) is 0 Å². The normalized spacial score (nSPS) is 15.6. The Hall–Kier alpha value is -1.49. The minimum absolute atomic E-state index is 0.0663. The van der Waals surface area contributed by atoms with Gasteiger partial charge in [-0.2, -0.15) is 4.72 Å². The molecule has 3 N–H and O–H groups in total. The lowest BCUT2D eigenvalue weighted by atomic mass is 10.3. The molecule has 0 heterocycles. The molecule has 0 aromatic heterocycles. The molecule has 0 radical (unpaired) electrons. The molecule has 1 amide bonds. The van der Waals surface area contributed by atoms with Gasteiger partial charge in [0.1, 0.15) is 6.04 Å². The van der Waals surface area contributed by atoms with Gasteiger partial charge in [-0.05, 0) is 37.1 Å². The molecular weight excluding hydrogens is 404 g/mol.